The molecule has 188 valence electrons. The molecule has 1 amide bonds. The lowest BCUT2D eigenvalue weighted by Crippen LogP contribution is -2.40. The van der Waals surface area contributed by atoms with Crippen LogP contribution >= 0.6 is 0 Å². The second-order valence-corrected chi connectivity index (χ2v) is 9.79. The summed E-state index contributed by atoms with van der Waals surface area (Å²) in [7, 11) is 4.95. The maximum Gasteiger partial charge on any atom is 0.407 e. The van der Waals surface area contributed by atoms with Crippen molar-refractivity contribution in [1.29, 1.82) is 0 Å². The lowest BCUT2D eigenvalue weighted by atomic mass is 9.88. The molecule has 7 nitrogen and oxygen atoms in total. The first-order valence-corrected chi connectivity index (χ1v) is 12.4. The number of carboxylic acid groups (broad SMARTS) is 1. The van der Waals surface area contributed by atoms with E-state index in [0.29, 0.717) is 18.4 Å². The maximum atomic E-state index is 11.1. The van der Waals surface area contributed by atoms with Gasteiger partial charge in [-0.1, -0.05) is 19.9 Å². The summed E-state index contributed by atoms with van der Waals surface area (Å²) in [6.45, 7) is 7.76. The molecule has 0 radical (unpaired) electrons. The quantitative estimate of drug-likeness (QED) is 0.429. The van der Waals surface area contributed by atoms with E-state index >= 15 is 0 Å². The third-order valence-corrected chi connectivity index (χ3v) is 7.17. The lowest BCUT2D eigenvalue weighted by molar-refractivity contribution is 0.141. The van der Waals surface area contributed by atoms with E-state index in [9.17, 15) is 4.79 Å². The maximum absolute atomic E-state index is 11.1. The average molecular weight is 480 g/mol. The third-order valence-electron chi connectivity index (χ3n) is 7.17. The number of carbonyl (C=O) groups is 1. The summed E-state index contributed by atoms with van der Waals surface area (Å²) < 4.78 is 11.0. The van der Waals surface area contributed by atoms with Crippen molar-refractivity contribution in [3.05, 3.63) is 47.5 Å². The molecule has 1 aliphatic heterocycles. The highest BCUT2D eigenvalue weighted by atomic mass is 16.5. The van der Waals surface area contributed by atoms with Gasteiger partial charge < -0.3 is 29.4 Å². The molecule has 1 aliphatic rings. The highest BCUT2D eigenvalue weighted by Crippen LogP contribution is 2.40. The molecule has 2 heterocycles. The molecule has 3 aromatic rings. The zero-order valence-electron chi connectivity index (χ0n) is 21.4. The van der Waals surface area contributed by atoms with Crippen molar-refractivity contribution in [1.82, 2.24) is 14.8 Å². The zero-order valence-corrected chi connectivity index (χ0v) is 21.4. The van der Waals surface area contributed by atoms with Gasteiger partial charge in [0, 0.05) is 43.1 Å². The summed E-state index contributed by atoms with van der Waals surface area (Å²) in [5, 5.41) is 10.4. The van der Waals surface area contributed by atoms with Gasteiger partial charge in [0.05, 0.1) is 19.9 Å². The Morgan fingerprint density at radius 3 is 2.63 bits per heavy atom. The highest BCUT2D eigenvalue weighted by molar-refractivity contribution is 5.92. The molecule has 0 bridgehead atoms. The first kappa shape index (κ1) is 24.9. The van der Waals surface area contributed by atoms with Crippen molar-refractivity contribution in [3.63, 3.8) is 0 Å². The van der Waals surface area contributed by atoms with E-state index in [2.05, 4.69) is 48.0 Å². The molecule has 1 saturated heterocycles. The second-order valence-electron chi connectivity index (χ2n) is 9.79. The predicted molar refractivity (Wildman–Crippen MR) is 140 cm³/mol. The molecule has 4 rings (SSSR count). The van der Waals surface area contributed by atoms with Crippen LogP contribution in [0.4, 0.5) is 4.79 Å². The van der Waals surface area contributed by atoms with Crippen LogP contribution in [0.5, 0.6) is 11.5 Å². The Labute approximate surface area is 207 Å². The van der Waals surface area contributed by atoms with Crippen LogP contribution in [-0.2, 0) is 0 Å². The van der Waals surface area contributed by atoms with E-state index in [-0.39, 0.29) is 0 Å². The van der Waals surface area contributed by atoms with Gasteiger partial charge in [0.2, 0.25) is 0 Å². The molecule has 1 atom stereocenters. The Hall–Kier alpha value is -3.19. The Balaban J connectivity index is 1.64. The molecule has 2 aromatic carbocycles. The number of hydrogen-bond acceptors (Lipinski definition) is 4. The molecule has 1 fully saturated rings. The minimum Gasteiger partial charge on any atom is -0.493 e. The van der Waals surface area contributed by atoms with Gasteiger partial charge in [0.1, 0.15) is 0 Å². The molecular weight excluding hydrogens is 442 g/mol. The summed E-state index contributed by atoms with van der Waals surface area (Å²) in [5.74, 6) is 2.23. The van der Waals surface area contributed by atoms with Gasteiger partial charge in [-0.25, -0.2) is 4.79 Å². The number of likely N-dealkylation sites (tertiary alicyclic amines) is 1. The van der Waals surface area contributed by atoms with Crippen molar-refractivity contribution in [2.45, 2.75) is 38.5 Å². The van der Waals surface area contributed by atoms with Crippen LogP contribution < -0.4 is 9.47 Å². The lowest BCUT2D eigenvalue weighted by Gasteiger charge is -2.33. The SMILES string of the molecule is COc1ccc(-c2[nH]c3ccc(C4CCCN(CCN(C)C(=O)O)C4)cc3c2C(C)C)cc1OC. The number of nitrogens with one attached hydrogen (secondary N) is 1. The van der Waals surface area contributed by atoms with Gasteiger partial charge >= 0.3 is 6.09 Å². The van der Waals surface area contributed by atoms with Gasteiger partial charge in [-0.2, -0.15) is 0 Å². The van der Waals surface area contributed by atoms with E-state index < -0.39 is 6.09 Å². The van der Waals surface area contributed by atoms with E-state index in [0.717, 1.165) is 60.7 Å². The number of aromatic amines is 1. The first-order chi connectivity index (χ1) is 16.8. The van der Waals surface area contributed by atoms with E-state index in [1.165, 1.54) is 21.4 Å². The van der Waals surface area contributed by atoms with Crippen LogP contribution in [0.25, 0.3) is 22.2 Å². The topological polar surface area (TPSA) is 78.0 Å². The zero-order chi connectivity index (χ0) is 25.1. The number of hydrogen-bond donors (Lipinski definition) is 2. The van der Waals surface area contributed by atoms with Crippen molar-refractivity contribution < 1.29 is 19.4 Å². The molecule has 0 spiro atoms. The van der Waals surface area contributed by atoms with E-state index in [1.54, 1.807) is 21.3 Å². The van der Waals surface area contributed by atoms with Crippen LogP contribution in [0, 0.1) is 0 Å². The number of benzene rings is 2. The number of amides is 1. The van der Waals surface area contributed by atoms with Gasteiger partial charge in [0.25, 0.3) is 0 Å². The fourth-order valence-electron chi connectivity index (χ4n) is 5.22. The molecule has 2 N–H and O–H groups in total. The molecule has 1 unspecified atom stereocenters. The van der Waals surface area contributed by atoms with Crippen LogP contribution in [-0.4, -0.2) is 73.4 Å². The van der Waals surface area contributed by atoms with Gasteiger partial charge in [0.15, 0.2) is 11.5 Å². The average Bonchev–Trinajstić information content (AvgIpc) is 3.26. The third kappa shape index (κ3) is 5.25. The summed E-state index contributed by atoms with van der Waals surface area (Å²) >= 11 is 0. The number of rotatable bonds is 8. The second kappa shape index (κ2) is 10.6. The number of nitrogens with zero attached hydrogens (tertiary/aromatic N) is 2. The van der Waals surface area contributed by atoms with Crippen molar-refractivity contribution in [3.8, 4) is 22.8 Å². The van der Waals surface area contributed by atoms with Crippen LogP contribution in [0.15, 0.2) is 36.4 Å². The smallest absolute Gasteiger partial charge is 0.407 e. The minimum atomic E-state index is -0.872. The summed E-state index contributed by atoms with van der Waals surface area (Å²) in [4.78, 5) is 18.6. The van der Waals surface area contributed by atoms with Crippen molar-refractivity contribution >= 4 is 17.0 Å². The predicted octanol–water partition coefficient (Wildman–Crippen LogP) is 5.76. The van der Waals surface area contributed by atoms with E-state index in [4.69, 9.17) is 14.6 Å². The number of ether oxygens (including phenoxy) is 2. The number of fused-ring (bicyclic) bond motifs is 1. The molecule has 35 heavy (non-hydrogen) atoms. The molecule has 0 saturated carbocycles. The van der Waals surface area contributed by atoms with Crippen LogP contribution in [0.3, 0.4) is 0 Å². The highest BCUT2D eigenvalue weighted by Gasteiger charge is 2.24. The van der Waals surface area contributed by atoms with Gasteiger partial charge in [-0.3, -0.25) is 0 Å². The summed E-state index contributed by atoms with van der Waals surface area (Å²) in [5.41, 5.74) is 6.00. The van der Waals surface area contributed by atoms with E-state index in [1.807, 2.05) is 12.1 Å². The Morgan fingerprint density at radius 1 is 1.17 bits per heavy atom. The minimum absolute atomic E-state index is 0.344. The molecule has 7 heteroatoms. The molecular formula is C28H37N3O4. The monoisotopic (exact) mass is 479 g/mol. The summed E-state index contributed by atoms with van der Waals surface area (Å²) in [6, 6.07) is 12.9. The molecule has 0 aliphatic carbocycles. The Bertz CT molecular complexity index is 1190. The number of H-pyrrole nitrogens is 1. The number of methoxy groups -OCH3 is 2. The Kier molecular flexibility index (Phi) is 7.55. The number of likely N-dealkylation sites (N-methyl/N-ethyl adjacent to an activating group) is 1. The fourth-order valence-corrected chi connectivity index (χ4v) is 5.22. The number of aromatic nitrogens is 1. The number of piperidine rings is 1. The van der Waals surface area contributed by atoms with Crippen LogP contribution in [0.1, 0.15) is 49.7 Å². The molecule has 1 aromatic heterocycles. The largest absolute Gasteiger partial charge is 0.493 e. The van der Waals surface area contributed by atoms with Gasteiger partial charge in [-0.05, 0) is 72.7 Å². The normalized spacial score (nSPS) is 16.6. The summed E-state index contributed by atoms with van der Waals surface area (Å²) in [6.07, 6.45) is 1.41. The van der Waals surface area contributed by atoms with Crippen molar-refractivity contribution in [2.75, 3.05) is 47.4 Å². The van der Waals surface area contributed by atoms with Crippen LogP contribution in [0.2, 0.25) is 0 Å². The van der Waals surface area contributed by atoms with Gasteiger partial charge in [-0.15, -0.1) is 0 Å². The van der Waals surface area contributed by atoms with Crippen molar-refractivity contribution in [2.24, 2.45) is 0 Å². The standard InChI is InChI=1S/C28H37N3O4/c1-18(2)26-22-15-19(21-7-6-12-31(17-21)14-13-30(3)28(32)33)8-10-23(22)29-27(26)20-9-11-24(34-4)25(16-20)35-5/h8-11,15-16,18,21,29H,6-7,12-14,17H2,1-5H3,(H,32,33). The fraction of sp³-hybridized carbons (Fsp3) is 0.464. The first-order valence-electron chi connectivity index (χ1n) is 12.4. The Morgan fingerprint density at radius 2 is 1.94 bits per heavy atom.